The van der Waals surface area contributed by atoms with Gasteiger partial charge in [-0.3, -0.25) is 0 Å². The van der Waals surface area contributed by atoms with Crippen LogP contribution in [0.15, 0.2) is 24.8 Å². The maximum atomic E-state index is 5.38. The standard InChI is InChI=1S/C14H22N6O/c1-3-16-12-9-13(19-14(18-12)10-21-4-2)17-6-8-20-7-5-15-11-20/h5,7,9,11H,3-4,6,8,10H2,1-2H3,(H2,16,17,18,19). The van der Waals surface area contributed by atoms with Gasteiger partial charge in [-0.1, -0.05) is 0 Å². The number of hydrogen-bond acceptors (Lipinski definition) is 6. The van der Waals surface area contributed by atoms with Crippen LogP contribution in [0.1, 0.15) is 19.7 Å². The van der Waals surface area contributed by atoms with Gasteiger partial charge in [-0.25, -0.2) is 15.0 Å². The van der Waals surface area contributed by atoms with E-state index >= 15 is 0 Å². The number of nitrogens with zero attached hydrogens (tertiary/aromatic N) is 4. The highest BCUT2D eigenvalue weighted by molar-refractivity contribution is 5.47. The van der Waals surface area contributed by atoms with Crippen LogP contribution in [0.4, 0.5) is 11.6 Å². The highest BCUT2D eigenvalue weighted by Gasteiger charge is 2.04. The summed E-state index contributed by atoms with van der Waals surface area (Å²) in [6.45, 7) is 7.49. The van der Waals surface area contributed by atoms with Crippen LogP contribution in [0.2, 0.25) is 0 Å². The van der Waals surface area contributed by atoms with E-state index in [-0.39, 0.29) is 0 Å². The molecule has 0 aliphatic heterocycles. The van der Waals surface area contributed by atoms with E-state index in [1.165, 1.54) is 0 Å². The van der Waals surface area contributed by atoms with Gasteiger partial charge in [0.15, 0.2) is 5.82 Å². The molecule has 7 nitrogen and oxygen atoms in total. The van der Waals surface area contributed by atoms with Gasteiger partial charge in [0, 0.05) is 44.7 Å². The second-order valence-electron chi connectivity index (χ2n) is 4.45. The van der Waals surface area contributed by atoms with Crippen molar-refractivity contribution in [1.29, 1.82) is 0 Å². The van der Waals surface area contributed by atoms with Crippen molar-refractivity contribution in [2.45, 2.75) is 27.0 Å². The number of nitrogens with one attached hydrogen (secondary N) is 2. The van der Waals surface area contributed by atoms with Gasteiger partial charge in [0.2, 0.25) is 0 Å². The zero-order valence-corrected chi connectivity index (χ0v) is 12.5. The van der Waals surface area contributed by atoms with E-state index in [0.717, 1.165) is 31.3 Å². The Morgan fingerprint density at radius 1 is 1.19 bits per heavy atom. The predicted molar refractivity (Wildman–Crippen MR) is 82.2 cm³/mol. The van der Waals surface area contributed by atoms with Gasteiger partial charge in [0.1, 0.15) is 18.2 Å². The summed E-state index contributed by atoms with van der Waals surface area (Å²) in [5.41, 5.74) is 0. The van der Waals surface area contributed by atoms with Crippen LogP contribution in [-0.2, 0) is 17.9 Å². The van der Waals surface area contributed by atoms with Crippen molar-refractivity contribution in [1.82, 2.24) is 19.5 Å². The molecule has 0 amide bonds. The van der Waals surface area contributed by atoms with E-state index < -0.39 is 0 Å². The van der Waals surface area contributed by atoms with Gasteiger partial charge < -0.3 is 19.9 Å². The molecule has 0 radical (unpaired) electrons. The number of aromatic nitrogens is 4. The first-order chi connectivity index (χ1) is 10.3. The van der Waals surface area contributed by atoms with Crippen molar-refractivity contribution in [2.75, 3.05) is 30.3 Å². The largest absolute Gasteiger partial charge is 0.374 e. The van der Waals surface area contributed by atoms with Crippen molar-refractivity contribution in [3.8, 4) is 0 Å². The van der Waals surface area contributed by atoms with Crippen molar-refractivity contribution in [3.05, 3.63) is 30.6 Å². The zero-order chi connectivity index (χ0) is 14.9. The molecule has 0 atom stereocenters. The number of imidazole rings is 1. The fraction of sp³-hybridized carbons (Fsp3) is 0.500. The number of anilines is 2. The molecule has 0 saturated heterocycles. The lowest BCUT2D eigenvalue weighted by Gasteiger charge is -2.11. The first-order valence-electron chi connectivity index (χ1n) is 7.21. The second kappa shape index (κ2) is 8.21. The summed E-state index contributed by atoms with van der Waals surface area (Å²) in [4.78, 5) is 12.9. The topological polar surface area (TPSA) is 76.9 Å². The third kappa shape index (κ3) is 5.03. The molecule has 0 aliphatic carbocycles. The van der Waals surface area contributed by atoms with E-state index in [4.69, 9.17) is 4.74 Å². The first-order valence-corrected chi connectivity index (χ1v) is 7.21. The Labute approximate surface area is 124 Å². The Morgan fingerprint density at radius 3 is 2.67 bits per heavy atom. The maximum absolute atomic E-state index is 5.38. The molecule has 0 aliphatic rings. The van der Waals surface area contributed by atoms with Crippen LogP contribution in [0, 0.1) is 0 Å². The lowest BCUT2D eigenvalue weighted by Crippen LogP contribution is -2.13. The summed E-state index contributed by atoms with van der Waals surface area (Å²) in [6, 6.07) is 1.91. The molecule has 0 unspecified atom stereocenters. The van der Waals surface area contributed by atoms with Gasteiger partial charge in [-0.2, -0.15) is 0 Å². The van der Waals surface area contributed by atoms with Crippen LogP contribution in [0.5, 0.6) is 0 Å². The van der Waals surface area contributed by atoms with Crippen LogP contribution >= 0.6 is 0 Å². The predicted octanol–water partition coefficient (Wildman–Crippen LogP) is 1.75. The summed E-state index contributed by atoms with van der Waals surface area (Å²) < 4.78 is 7.39. The summed E-state index contributed by atoms with van der Waals surface area (Å²) in [5, 5.41) is 6.51. The normalized spacial score (nSPS) is 10.6. The minimum absolute atomic E-state index is 0.423. The molecule has 114 valence electrons. The number of hydrogen-bond donors (Lipinski definition) is 2. The lowest BCUT2D eigenvalue weighted by molar-refractivity contribution is 0.128. The van der Waals surface area contributed by atoms with Crippen molar-refractivity contribution < 1.29 is 4.74 Å². The Kier molecular flexibility index (Phi) is 5.96. The van der Waals surface area contributed by atoms with Gasteiger partial charge in [-0.15, -0.1) is 0 Å². The van der Waals surface area contributed by atoms with Gasteiger partial charge in [-0.05, 0) is 13.8 Å². The molecule has 21 heavy (non-hydrogen) atoms. The van der Waals surface area contributed by atoms with Crippen molar-refractivity contribution >= 4 is 11.6 Å². The quantitative estimate of drug-likeness (QED) is 0.733. The molecule has 0 saturated carbocycles. The molecule has 0 aromatic carbocycles. The van der Waals surface area contributed by atoms with Crippen LogP contribution in [-0.4, -0.2) is 39.2 Å². The minimum atomic E-state index is 0.423. The van der Waals surface area contributed by atoms with Crippen LogP contribution < -0.4 is 10.6 Å². The van der Waals surface area contributed by atoms with E-state index in [1.54, 1.807) is 12.5 Å². The second-order valence-corrected chi connectivity index (χ2v) is 4.45. The molecule has 2 aromatic heterocycles. The van der Waals surface area contributed by atoms with Gasteiger partial charge >= 0.3 is 0 Å². The van der Waals surface area contributed by atoms with E-state index in [0.29, 0.717) is 19.0 Å². The fourth-order valence-electron chi connectivity index (χ4n) is 1.85. The van der Waals surface area contributed by atoms with Crippen LogP contribution in [0.3, 0.4) is 0 Å². The highest BCUT2D eigenvalue weighted by Crippen LogP contribution is 2.12. The Bertz CT molecular complexity index is 528. The summed E-state index contributed by atoms with van der Waals surface area (Å²) >= 11 is 0. The molecule has 2 aromatic rings. The molecule has 2 rings (SSSR count). The Morgan fingerprint density at radius 2 is 2.00 bits per heavy atom. The van der Waals surface area contributed by atoms with Crippen molar-refractivity contribution in [3.63, 3.8) is 0 Å². The highest BCUT2D eigenvalue weighted by atomic mass is 16.5. The van der Waals surface area contributed by atoms with Gasteiger partial charge in [0.05, 0.1) is 6.33 Å². The fourth-order valence-corrected chi connectivity index (χ4v) is 1.85. The molecule has 2 N–H and O–H groups in total. The lowest BCUT2D eigenvalue weighted by atomic mass is 10.4. The monoisotopic (exact) mass is 290 g/mol. The third-order valence-electron chi connectivity index (χ3n) is 2.80. The molecule has 7 heteroatoms. The number of rotatable bonds is 9. The molecule has 0 bridgehead atoms. The van der Waals surface area contributed by atoms with Crippen molar-refractivity contribution in [2.24, 2.45) is 0 Å². The third-order valence-corrected chi connectivity index (χ3v) is 2.80. The smallest absolute Gasteiger partial charge is 0.158 e. The molecule has 0 fully saturated rings. The Hall–Kier alpha value is -2.15. The number of ether oxygens (including phenoxy) is 1. The van der Waals surface area contributed by atoms with Gasteiger partial charge in [0.25, 0.3) is 0 Å². The van der Waals surface area contributed by atoms with E-state index in [2.05, 4.69) is 25.6 Å². The summed E-state index contributed by atoms with van der Waals surface area (Å²) in [6.07, 6.45) is 5.51. The molecule has 2 heterocycles. The van der Waals surface area contributed by atoms with E-state index in [1.807, 2.05) is 30.7 Å². The SMILES string of the molecule is CCNc1cc(NCCn2ccnc2)nc(COCC)n1. The zero-order valence-electron chi connectivity index (χ0n) is 12.5. The molecular formula is C14H22N6O. The average molecular weight is 290 g/mol. The maximum Gasteiger partial charge on any atom is 0.158 e. The minimum Gasteiger partial charge on any atom is -0.374 e. The summed E-state index contributed by atoms with van der Waals surface area (Å²) in [5.74, 6) is 2.29. The first kappa shape index (κ1) is 15.2. The average Bonchev–Trinajstić information content (AvgIpc) is 2.99. The summed E-state index contributed by atoms with van der Waals surface area (Å²) in [7, 11) is 0. The Balaban J connectivity index is 1.97. The van der Waals surface area contributed by atoms with Crippen LogP contribution in [0.25, 0.3) is 0 Å². The molecule has 0 spiro atoms. The molecular weight excluding hydrogens is 268 g/mol. The van der Waals surface area contributed by atoms with E-state index in [9.17, 15) is 0 Å².